The molecule has 0 aliphatic rings. The zero-order valence-electron chi connectivity index (χ0n) is 52.8. The Kier molecular flexibility index (Phi) is 56.5. The second kappa shape index (κ2) is 57.8. The highest BCUT2D eigenvalue weighted by atomic mass is 16.6. The molecule has 0 saturated carbocycles. The number of alkyl carbamates (subject to hydrolysis) is 1. The van der Waals surface area contributed by atoms with Crippen molar-refractivity contribution in [1.29, 1.82) is 0 Å². The lowest BCUT2D eigenvalue weighted by atomic mass is 10.1. The van der Waals surface area contributed by atoms with Crippen molar-refractivity contribution in [3.63, 3.8) is 0 Å². The maximum atomic E-state index is 13.4. The Bertz CT molecular complexity index is 1110. The Morgan fingerprint density at radius 1 is 0.303 bits per heavy atom. The minimum absolute atomic E-state index is 0.322. The van der Waals surface area contributed by atoms with E-state index in [1.807, 2.05) is 20.8 Å². The van der Waals surface area contributed by atoms with Gasteiger partial charge < -0.3 is 24.8 Å². The molecule has 0 fully saturated rings. The normalized spacial score (nSPS) is 11.7. The van der Waals surface area contributed by atoms with Gasteiger partial charge in [-0.3, -0.25) is 9.59 Å². The van der Waals surface area contributed by atoms with E-state index in [1.165, 1.54) is 283 Å². The lowest BCUT2D eigenvalue weighted by Gasteiger charge is -2.23. The number of carbonyl (C=O) groups is 3. The molecule has 0 aromatic carbocycles. The van der Waals surface area contributed by atoms with Crippen molar-refractivity contribution < 1.29 is 19.1 Å². The van der Waals surface area contributed by atoms with E-state index in [0.29, 0.717) is 18.4 Å². The molecule has 0 rings (SSSR count). The first-order valence-electron chi connectivity index (χ1n) is 34.3. The van der Waals surface area contributed by atoms with Crippen LogP contribution in [0.15, 0.2) is 0 Å². The van der Waals surface area contributed by atoms with E-state index in [4.69, 9.17) is 4.74 Å². The number of nitrogens with one attached hydrogen (secondary N) is 1. The molecule has 0 heterocycles. The van der Waals surface area contributed by atoms with Crippen LogP contribution in [0.4, 0.5) is 4.79 Å². The molecular weight excluding hydrogens is 937 g/mol. The molecule has 0 bridgehead atoms. The maximum Gasteiger partial charge on any atom is 0.407 e. The Labute approximate surface area is 476 Å². The van der Waals surface area contributed by atoms with E-state index in [1.54, 1.807) is 0 Å². The molecule has 1 N–H and O–H groups in total. The lowest BCUT2D eigenvalue weighted by Crippen LogP contribution is -2.35. The second-order valence-corrected chi connectivity index (χ2v) is 24.7. The SMILES string of the molecule is CCCCCCCCCCN(CCCCCCCCCC)C(=O)CCCCCCCCCN(CCCCCCCCCC(=O)N(CCCCCCCCCC)CCCCCCCCCC)CCCNC(=O)OC(C)(C)C. The number of ether oxygens (including phenoxy) is 1. The Hall–Kier alpha value is -1.83. The molecule has 0 aliphatic carbocycles. The van der Waals surface area contributed by atoms with Crippen LogP contribution >= 0.6 is 0 Å². The summed E-state index contributed by atoms with van der Waals surface area (Å²) in [4.78, 5) is 46.3. The molecule has 0 radical (unpaired) electrons. The topological polar surface area (TPSA) is 82.2 Å². The third kappa shape index (κ3) is 54.1. The van der Waals surface area contributed by atoms with Crippen molar-refractivity contribution in [3.8, 4) is 0 Å². The molecule has 3 amide bonds. The molecule has 0 aromatic rings. The summed E-state index contributed by atoms with van der Waals surface area (Å²) in [6.45, 7) is 22.6. The van der Waals surface area contributed by atoms with E-state index in [2.05, 4.69) is 47.7 Å². The van der Waals surface area contributed by atoms with Crippen molar-refractivity contribution in [2.45, 2.75) is 369 Å². The Morgan fingerprint density at radius 2 is 0.526 bits per heavy atom. The molecule has 0 aromatic heterocycles. The van der Waals surface area contributed by atoms with Crippen LogP contribution in [0.1, 0.15) is 363 Å². The van der Waals surface area contributed by atoms with Gasteiger partial charge in [0.25, 0.3) is 0 Å². The molecular formula is C68H136N4O4. The third-order valence-electron chi connectivity index (χ3n) is 15.9. The predicted molar refractivity (Wildman–Crippen MR) is 333 cm³/mol. The predicted octanol–water partition coefficient (Wildman–Crippen LogP) is 20.7. The maximum absolute atomic E-state index is 13.4. The van der Waals surface area contributed by atoms with Crippen LogP contribution in [-0.2, 0) is 14.3 Å². The highest BCUT2D eigenvalue weighted by Gasteiger charge is 2.17. The molecule has 0 spiro atoms. The molecule has 8 nitrogen and oxygen atoms in total. The Balaban J connectivity index is 4.72. The second-order valence-electron chi connectivity index (χ2n) is 24.7. The van der Waals surface area contributed by atoms with Crippen LogP contribution in [0.2, 0.25) is 0 Å². The Morgan fingerprint density at radius 3 is 0.789 bits per heavy atom. The standard InChI is InChI=1S/C68H136N4O4/c1-8-12-16-20-24-34-42-50-61-71(62-51-43-35-25-21-17-13-9-2)65(73)55-46-38-30-28-32-40-48-58-70(60-54-57-69-67(75)76-68(5,6)7)59-49-41-33-29-31-39-47-56-66(74)72(63-52-44-36-26-22-18-14-10-3)64-53-45-37-27-23-19-15-11-4/h8-64H2,1-7H3,(H,69,75). The number of nitrogens with zero attached hydrogens (tertiary/aromatic N) is 3. The molecule has 76 heavy (non-hydrogen) atoms. The molecule has 452 valence electrons. The van der Waals surface area contributed by atoms with Gasteiger partial charge in [-0.2, -0.15) is 0 Å². The summed E-state index contributed by atoms with van der Waals surface area (Å²) in [7, 11) is 0. The average molecular weight is 1070 g/mol. The minimum Gasteiger partial charge on any atom is -0.444 e. The average Bonchev–Trinajstić information content (AvgIpc) is 3.39. The molecule has 0 aliphatic heterocycles. The van der Waals surface area contributed by atoms with Gasteiger partial charge in [-0.15, -0.1) is 0 Å². The molecule has 8 heteroatoms. The number of carbonyl (C=O) groups excluding carboxylic acids is 3. The van der Waals surface area contributed by atoms with Crippen LogP contribution in [0.3, 0.4) is 0 Å². The summed E-state index contributed by atoms with van der Waals surface area (Å²) in [6.07, 6.45) is 61.1. The number of hydrogen-bond donors (Lipinski definition) is 1. The van der Waals surface area contributed by atoms with Gasteiger partial charge in [0.2, 0.25) is 11.8 Å². The van der Waals surface area contributed by atoms with Gasteiger partial charge in [-0.05, 0) is 98.2 Å². The molecule has 0 atom stereocenters. The van der Waals surface area contributed by atoms with E-state index < -0.39 is 5.60 Å². The van der Waals surface area contributed by atoms with E-state index >= 15 is 0 Å². The van der Waals surface area contributed by atoms with Crippen molar-refractivity contribution in [2.75, 3.05) is 52.4 Å². The zero-order chi connectivity index (χ0) is 55.7. The van der Waals surface area contributed by atoms with E-state index in [-0.39, 0.29) is 6.09 Å². The van der Waals surface area contributed by atoms with Gasteiger partial charge in [0.05, 0.1) is 0 Å². The van der Waals surface area contributed by atoms with Crippen LogP contribution in [0, 0.1) is 0 Å². The van der Waals surface area contributed by atoms with Crippen LogP contribution in [-0.4, -0.2) is 90.6 Å². The zero-order valence-corrected chi connectivity index (χ0v) is 52.8. The van der Waals surface area contributed by atoms with Gasteiger partial charge >= 0.3 is 6.09 Å². The van der Waals surface area contributed by atoms with Crippen molar-refractivity contribution >= 4 is 17.9 Å². The highest BCUT2D eigenvalue weighted by molar-refractivity contribution is 5.76. The smallest absolute Gasteiger partial charge is 0.407 e. The van der Waals surface area contributed by atoms with Crippen LogP contribution in [0.5, 0.6) is 0 Å². The van der Waals surface area contributed by atoms with Gasteiger partial charge in [0.1, 0.15) is 5.60 Å². The van der Waals surface area contributed by atoms with Gasteiger partial charge in [-0.25, -0.2) is 4.79 Å². The van der Waals surface area contributed by atoms with E-state index in [9.17, 15) is 14.4 Å². The number of rotatable bonds is 60. The number of amides is 3. The van der Waals surface area contributed by atoms with E-state index in [0.717, 1.165) is 77.9 Å². The molecule has 0 saturated heterocycles. The first kappa shape index (κ1) is 74.2. The summed E-state index contributed by atoms with van der Waals surface area (Å²) in [5.74, 6) is 0.816. The fourth-order valence-electron chi connectivity index (χ4n) is 10.9. The quantitative estimate of drug-likeness (QED) is 0.0614. The van der Waals surface area contributed by atoms with Crippen molar-refractivity contribution in [1.82, 2.24) is 20.0 Å². The van der Waals surface area contributed by atoms with Crippen LogP contribution in [0.25, 0.3) is 0 Å². The van der Waals surface area contributed by atoms with Crippen LogP contribution < -0.4 is 5.32 Å². The highest BCUT2D eigenvalue weighted by Crippen LogP contribution is 2.18. The first-order chi connectivity index (χ1) is 37.1. The summed E-state index contributed by atoms with van der Waals surface area (Å²) >= 11 is 0. The van der Waals surface area contributed by atoms with Gasteiger partial charge in [0.15, 0.2) is 0 Å². The molecule has 0 unspecified atom stereocenters. The summed E-state index contributed by atoms with van der Waals surface area (Å²) in [5, 5.41) is 2.97. The summed E-state index contributed by atoms with van der Waals surface area (Å²) in [5.41, 5.74) is -0.481. The summed E-state index contributed by atoms with van der Waals surface area (Å²) in [6, 6.07) is 0. The minimum atomic E-state index is -0.481. The monoisotopic (exact) mass is 1070 g/mol. The van der Waals surface area contributed by atoms with Crippen molar-refractivity contribution in [2.24, 2.45) is 0 Å². The van der Waals surface area contributed by atoms with Gasteiger partial charge in [-0.1, -0.05) is 272 Å². The first-order valence-corrected chi connectivity index (χ1v) is 34.3. The van der Waals surface area contributed by atoms with Gasteiger partial charge in [0, 0.05) is 45.6 Å². The number of unbranched alkanes of at least 4 members (excludes halogenated alkanes) is 40. The lowest BCUT2D eigenvalue weighted by molar-refractivity contribution is -0.132. The fraction of sp³-hybridized carbons (Fsp3) is 0.956. The number of hydrogen-bond acceptors (Lipinski definition) is 5. The largest absolute Gasteiger partial charge is 0.444 e. The third-order valence-corrected chi connectivity index (χ3v) is 15.9. The van der Waals surface area contributed by atoms with Crippen molar-refractivity contribution in [3.05, 3.63) is 0 Å². The summed E-state index contributed by atoms with van der Waals surface area (Å²) < 4.78 is 5.47. The fourth-order valence-corrected chi connectivity index (χ4v) is 10.9.